The van der Waals surface area contributed by atoms with Crippen LogP contribution in [0.2, 0.25) is 0 Å². The van der Waals surface area contributed by atoms with Gasteiger partial charge in [0.15, 0.2) is 0 Å². The Bertz CT molecular complexity index is 351. The number of rotatable bonds is 4. The molecule has 5 nitrogen and oxygen atoms in total. The zero-order valence-corrected chi connectivity index (χ0v) is 14.3. The number of thioether (sulfide) groups is 1. The van der Waals surface area contributed by atoms with Gasteiger partial charge in [0.05, 0.1) is 12.6 Å². The van der Waals surface area contributed by atoms with E-state index >= 15 is 0 Å². The van der Waals surface area contributed by atoms with Crippen LogP contribution in [0.15, 0.2) is 0 Å². The molecule has 20 heavy (non-hydrogen) atoms. The molecule has 2 amide bonds. The van der Waals surface area contributed by atoms with Crippen molar-refractivity contribution in [3.05, 3.63) is 0 Å². The predicted octanol–water partition coefficient (Wildman–Crippen LogP) is 0.862. The third-order valence-electron chi connectivity index (χ3n) is 3.21. The summed E-state index contributed by atoms with van der Waals surface area (Å²) >= 11 is 1.87. The van der Waals surface area contributed by atoms with Crippen LogP contribution in [0.25, 0.3) is 0 Å². The number of hydrogen-bond donors (Lipinski definition) is 2. The van der Waals surface area contributed by atoms with Crippen molar-refractivity contribution in [2.24, 2.45) is 11.7 Å². The SMILES string of the molecule is CC(C)[C@H](N)C(=O)NCC(=O)N1CCSC(C)(C)C1.Cl. The molecule has 0 spiro atoms. The van der Waals surface area contributed by atoms with Gasteiger partial charge in [0, 0.05) is 23.6 Å². The normalized spacial score (nSPS) is 19.2. The van der Waals surface area contributed by atoms with Crippen molar-refractivity contribution in [2.75, 3.05) is 25.4 Å². The van der Waals surface area contributed by atoms with Crippen molar-refractivity contribution in [1.82, 2.24) is 10.2 Å². The maximum Gasteiger partial charge on any atom is 0.242 e. The Hall–Kier alpha value is -0.460. The average molecular weight is 324 g/mol. The molecule has 7 heteroatoms. The highest BCUT2D eigenvalue weighted by atomic mass is 35.5. The summed E-state index contributed by atoms with van der Waals surface area (Å²) in [5.41, 5.74) is 5.73. The maximum atomic E-state index is 12.0. The molecule has 1 atom stereocenters. The molecule has 0 aromatic heterocycles. The van der Waals surface area contributed by atoms with E-state index in [2.05, 4.69) is 19.2 Å². The lowest BCUT2D eigenvalue weighted by Crippen LogP contribution is -2.51. The minimum atomic E-state index is -0.554. The summed E-state index contributed by atoms with van der Waals surface area (Å²) in [7, 11) is 0. The molecule has 1 aliphatic heterocycles. The predicted molar refractivity (Wildman–Crippen MR) is 86.2 cm³/mol. The maximum absolute atomic E-state index is 12.0. The molecule has 1 rings (SSSR count). The molecule has 0 radical (unpaired) electrons. The Morgan fingerprint density at radius 1 is 1.40 bits per heavy atom. The highest BCUT2D eigenvalue weighted by molar-refractivity contribution is 8.00. The summed E-state index contributed by atoms with van der Waals surface area (Å²) in [6.45, 7) is 9.54. The number of nitrogens with two attached hydrogens (primary N) is 1. The molecule has 0 aliphatic carbocycles. The standard InChI is InChI=1S/C13H25N3O2S.ClH/c1-9(2)11(14)12(18)15-7-10(17)16-5-6-19-13(3,4)8-16;/h9,11H,5-8,14H2,1-4H3,(H,15,18);1H/t11-;/m0./s1. The molecule has 0 saturated carbocycles. The monoisotopic (exact) mass is 323 g/mol. The topological polar surface area (TPSA) is 75.4 Å². The van der Waals surface area contributed by atoms with Crippen LogP contribution in [0.1, 0.15) is 27.7 Å². The van der Waals surface area contributed by atoms with Crippen molar-refractivity contribution < 1.29 is 9.59 Å². The number of carbonyl (C=O) groups is 2. The van der Waals surface area contributed by atoms with Crippen LogP contribution in [0.4, 0.5) is 0 Å². The molecule has 0 unspecified atom stereocenters. The first-order chi connectivity index (χ1) is 8.73. The van der Waals surface area contributed by atoms with Crippen LogP contribution in [-0.2, 0) is 9.59 Å². The molecule has 0 aromatic rings. The van der Waals surface area contributed by atoms with E-state index in [0.717, 1.165) is 18.8 Å². The van der Waals surface area contributed by atoms with E-state index in [4.69, 9.17) is 5.73 Å². The molecular weight excluding hydrogens is 298 g/mol. The first-order valence-corrected chi connectivity index (χ1v) is 7.66. The summed E-state index contributed by atoms with van der Waals surface area (Å²) in [4.78, 5) is 25.5. The zero-order valence-electron chi connectivity index (χ0n) is 12.6. The van der Waals surface area contributed by atoms with Crippen LogP contribution in [0, 0.1) is 5.92 Å². The van der Waals surface area contributed by atoms with E-state index in [0.29, 0.717) is 0 Å². The number of nitrogens with one attached hydrogen (secondary N) is 1. The summed E-state index contributed by atoms with van der Waals surface area (Å²) in [6.07, 6.45) is 0. The van der Waals surface area contributed by atoms with Crippen LogP contribution in [-0.4, -0.2) is 52.9 Å². The van der Waals surface area contributed by atoms with E-state index in [1.165, 1.54) is 0 Å². The largest absolute Gasteiger partial charge is 0.346 e. The van der Waals surface area contributed by atoms with E-state index < -0.39 is 6.04 Å². The van der Waals surface area contributed by atoms with Gasteiger partial charge in [-0.2, -0.15) is 11.8 Å². The highest BCUT2D eigenvalue weighted by Gasteiger charge is 2.29. The van der Waals surface area contributed by atoms with E-state index in [1.807, 2.05) is 30.5 Å². The van der Waals surface area contributed by atoms with Crippen LogP contribution in [0.3, 0.4) is 0 Å². The lowest BCUT2D eigenvalue weighted by atomic mass is 10.1. The highest BCUT2D eigenvalue weighted by Crippen LogP contribution is 2.29. The van der Waals surface area contributed by atoms with Gasteiger partial charge in [-0.1, -0.05) is 13.8 Å². The van der Waals surface area contributed by atoms with Gasteiger partial charge in [-0.05, 0) is 19.8 Å². The quantitative estimate of drug-likeness (QED) is 0.804. The second-order valence-electron chi connectivity index (χ2n) is 5.91. The van der Waals surface area contributed by atoms with Gasteiger partial charge in [-0.15, -0.1) is 12.4 Å². The minimum Gasteiger partial charge on any atom is -0.346 e. The Labute approximate surface area is 131 Å². The van der Waals surface area contributed by atoms with Gasteiger partial charge in [0.2, 0.25) is 11.8 Å². The van der Waals surface area contributed by atoms with Crippen molar-refractivity contribution >= 4 is 36.0 Å². The van der Waals surface area contributed by atoms with Gasteiger partial charge in [0.25, 0.3) is 0 Å². The van der Waals surface area contributed by atoms with Crippen molar-refractivity contribution in [1.29, 1.82) is 0 Å². The fourth-order valence-corrected chi connectivity index (χ4v) is 3.04. The molecule has 1 aliphatic rings. The Morgan fingerprint density at radius 3 is 2.50 bits per heavy atom. The fourth-order valence-electron chi connectivity index (χ4n) is 1.92. The van der Waals surface area contributed by atoms with Crippen LogP contribution >= 0.6 is 24.2 Å². The number of halogens is 1. The number of amides is 2. The fraction of sp³-hybridized carbons (Fsp3) is 0.846. The van der Waals surface area contributed by atoms with Crippen molar-refractivity contribution in [2.45, 2.75) is 38.5 Å². The van der Waals surface area contributed by atoms with Gasteiger partial charge in [-0.3, -0.25) is 9.59 Å². The van der Waals surface area contributed by atoms with E-state index in [9.17, 15) is 9.59 Å². The Morgan fingerprint density at radius 2 is 2.00 bits per heavy atom. The van der Waals surface area contributed by atoms with Gasteiger partial charge >= 0.3 is 0 Å². The summed E-state index contributed by atoms with van der Waals surface area (Å²) in [5.74, 6) is 0.727. The molecule has 0 bridgehead atoms. The lowest BCUT2D eigenvalue weighted by Gasteiger charge is -2.37. The van der Waals surface area contributed by atoms with Crippen LogP contribution < -0.4 is 11.1 Å². The Kier molecular flexibility index (Phi) is 7.91. The van der Waals surface area contributed by atoms with E-state index in [1.54, 1.807) is 0 Å². The number of carbonyl (C=O) groups excluding carboxylic acids is 2. The van der Waals surface area contributed by atoms with Crippen molar-refractivity contribution in [3.8, 4) is 0 Å². The second kappa shape index (κ2) is 8.10. The second-order valence-corrected chi connectivity index (χ2v) is 7.71. The molecule has 1 fully saturated rings. The molecule has 1 heterocycles. The van der Waals surface area contributed by atoms with Crippen molar-refractivity contribution in [3.63, 3.8) is 0 Å². The summed E-state index contributed by atoms with van der Waals surface area (Å²) in [6, 6.07) is -0.554. The first kappa shape index (κ1) is 19.5. The van der Waals surface area contributed by atoms with Gasteiger partial charge < -0.3 is 16.0 Å². The summed E-state index contributed by atoms with van der Waals surface area (Å²) < 4.78 is 0.0895. The Balaban J connectivity index is 0.00000361. The lowest BCUT2D eigenvalue weighted by molar-refractivity contribution is -0.133. The van der Waals surface area contributed by atoms with Gasteiger partial charge in [-0.25, -0.2) is 0 Å². The van der Waals surface area contributed by atoms with Gasteiger partial charge in [0.1, 0.15) is 0 Å². The molecular formula is C13H26ClN3O2S. The molecule has 118 valence electrons. The number of nitrogens with zero attached hydrogens (tertiary/aromatic N) is 1. The third kappa shape index (κ3) is 5.89. The van der Waals surface area contributed by atoms with E-state index in [-0.39, 0.29) is 41.4 Å². The first-order valence-electron chi connectivity index (χ1n) is 6.68. The molecule has 1 saturated heterocycles. The molecule has 3 N–H and O–H groups in total. The smallest absolute Gasteiger partial charge is 0.242 e. The minimum absolute atomic E-state index is 0. The van der Waals surface area contributed by atoms with Crippen LogP contribution in [0.5, 0.6) is 0 Å². The average Bonchev–Trinajstić information content (AvgIpc) is 2.33. The third-order valence-corrected chi connectivity index (χ3v) is 4.51. The zero-order chi connectivity index (χ0) is 14.6. The number of hydrogen-bond acceptors (Lipinski definition) is 4. The molecule has 0 aromatic carbocycles. The summed E-state index contributed by atoms with van der Waals surface area (Å²) in [5, 5.41) is 2.63.